The number of ether oxygens (including phenoxy) is 2. The lowest BCUT2D eigenvalue weighted by atomic mass is 9.74. The second kappa shape index (κ2) is 9.02. The lowest BCUT2D eigenvalue weighted by Gasteiger charge is -2.48. The summed E-state index contributed by atoms with van der Waals surface area (Å²) in [4.78, 5) is 40.9. The van der Waals surface area contributed by atoms with E-state index in [9.17, 15) is 14.4 Å². The summed E-state index contributed by atoms with van der Waals surface area (Å²) in [5.74, 6) is -0.643. The SMILES string of the molecule is COC(=O)[C@]12CCCN1C(=O)[C@](Cc1ccccc1)(NC(=O)OCc1ccccc1)CC2. The predicted octanol–water partition coefficient (Wildman–Crippen LogP) is 3.22. The molecule has 0 radical (unpaired) electrons. The molecule has 2 aromatic carbocycles. The highest BCUT2D eigenvalue weighted by Crippen LogP contribution is 2.43. The molecule has 7 nitrogen and oxygen atoms in total. The molecule has 2 saturated heterocycles. The van der Waals surface area contributed by atoms with Crippen molar-refractivity contribution in [2.45, 2.75) is 49.8 Å². The summed E-state index contributed by atoms with van der Waals surface area (Å²) in [7, 11) is 1.35. The minimum absolute atomic E-state index is 0.109. The Hall–Kier alpha value is -3.35. The number of nitrogens with one attached hydrogen (secondary N) is 1. The molecule has 4 rings (SSSR count). The van der Waals surface area contributed by atoms with Crippen molar-refractivity contribution in [2.75, 3.05) is 13.7 Å². The first kappa shape index (κ1) is 21.9. The van der Waals surface area contributed by atoms with Crippen LogP contribution in [0.15, 0.2) is 60.7 Å². The Balaban J connectivity index is 1.58. The zero-order valence-corrected chi connectivity index (χ0v) is 18.2. The summed E-state index contributed by atoms with van der Waals surface area (Å²) in [5, 5.41) is 2.88. The fraction of sp³-hybridized carbons (Fsp3) is 0.400. The molecule has 0 saturated carbocycles. The van der Waals surface area contributed by atoms with Crippen molar-refractivity contribution in [3.63, 3.8) is 0 Å². The van der Waals surface area contributed by atoms with Crippen LogP contribution < -0.4 is 5.32 Å². The van der Waals surface area contributed by atoms with Gasteiger partial charge in [-0.3, -0.25) is 4.79 Å². The molecule has 2 amide bonds. The molecule has 1 N–H and O–H groups in total. The average molecular weight is 437 g/mol. The third-order valence-electron chi connectivity index (χ3n) is 6.58. The van der Waals surface area contributed by atoms with E-state index in [1.54, 1.807) is 4.90 Å². The predicted molar refractivity (Wildman–Crippen MR) is 118 cm³/mol. The number of hydrogen-bond donors (Lipinski definition) is 1. The Morgan fingerprint density at radius 1 is 0.969 bits per heavy atom. The van der Waals surface area contributed by atoms with Crippen LogP contribution in [-0.4, -0.2) is 47.6 Å². The van der Waals surface area contributed by atoms with Crippen LogP contribution >= 0.6 is 0 Å². The van der Waals surface area contributed by atoms with Crippen LogP contribution in [0.2, 0.25) is 0 Å². The smallest absolute Gasteiger partial charge is 0.408 e. The van der Waals surface area contributed by atoms with Crippen molar-refractivity contribution in [1.82, 2.24) is 10.2 Å². The van der Waals surface area contributed by atoms with E-state index in [0.717, 1.165) is 17.5 Å². The molecule has 2 aliphatic heterocycles. The van der Waals surface area contributed by atoms with Crippen LogP contribution in [0, 0.1) is 0 Å². The standard InChI is InChI=1S/C25H28N2O5/c1-31-22(29)25-13-8-16-27(25)21(28)24(14-15-25,17-19-9-4-2-5-10-19)26-23(30)32-18-20-11-6-3-7-12-20/h2-7,9-12H,8,13-18H2,1H3,(H,26,30)/t24-,25+/m0/s1. The van der Waals surface area contributed by atoms with Gasteiger partial charge in [-0.15, -0.1) is 0 Å². The number of carbonyl (C=O) groups excluding carboxylic acids is 3. The van der Waals surface area contributed by atoms with E-state index in [-0.39, 0.29) is 18.5 Å². The zero-order chi connectivity index (χ0) is 22.6. The van der Waals surface area contributed by atoms with Crippen molar-refractivity contribution in [2.24, 2.45) is 0 Å². The molecular formula is C25H28N2O5. The van der Waals surface area contributed by atoms with E-state index < -0.39 is 17.2 Å². The molecule has 2 atom stereocenters. The van der Waals surface area contributed by atoms with E-state index >= 15 is 0 Å². The molecule has 0 aromatic heterocycles. The van der Waals surface area contributed by atoms with E-state index in [1.807, 2.05) is 60.7 Å². The minimum Gasteiger partial charge on any atom is -0.467 e. The second-order valence-corrected chi connectivity index (χ2v) is 8.51. The van der Waals surface area contributed by atoms with E-state index in [1.165, 1.54) is 7.11 Å². The number of amides is 2. The second-order valence-electron chi connectivity index (χ2n) is 8.51. The van der Waals surface area contributed by atoms with Gasteiger partial charge in [0.05, 0.1) is 7.11 Å². The Labute approximate surface area is 187 Å². The van der Waals surface area contributed by atoms with Crippen LogP contribution in [0.1, 0.15) is 36.8 Å². The fourth-order valence-corrected chi connectivity index (χ4v) is 4.95. The number of methoxy groups -OCH3 is 1. The quantitative estimate of drug-likeness (QED) is 0.703. The van der Waals surface area contributed by atoms with E-state index in [0.29, 0.717) is 32.2 Å². The fourth-order valence-electron chi connectivity index (χ4n) is 4.95. The van der Waals surface area contributed by atoms with Crippen LogP contribution in [-0.2, 0) is 32.1 Å². The number of nitrogens with zero attached hydrogens (tertiary/aromatic N) is 1. The number of piperidine rings is 1. The summed E-state index contributed by atoms with van der Waals surface area (Å²) in [6, 6.07) is 18.9. The number of rotatable bonds is 6. The first-order chi connectivity index (χ1) is 15.5. The van der Waals surface area contributed by atoms with Crippen molar-refractivity contribution in [3.05, 3.63) is 71.8 Å². The van der Waals surface area contributed by atoms with Crippen molar-refractivity contribution < 1.29 is 23.9 Å². The first-order valence-electron chi connectivity index (χ1n) is 10.9. The molecule has 2 aliphatic rings. The Morgan fingerprint density at radius 2 is 1.62 bits per heavy atom. The van der Waals surface area contributed by atoms with E-state index in [2.05, 4.69) is 5.32 Å². The maximum atomic E-state index is 13.8. The summed E-state index contributed by atoms with van der Waals surface area (Å²) < 4.78 is 10.5. The number of carbonyl (C=O) groups is 3. The van der Waals surface area contributed by atoms with Crippen LogP contribution in [0.25, 0.3) is 0 Å². The molecule has 0 bridgehead atoms. The number of esters is 1. The normalized spacial score (nSPS) is 24.5. The van der Waals surface area contributed by atoms with Gasteiger partial charge in [-0.1, -0.05) is 60.7 Å². The molecule has 168 valence electrons. The van der Waals surface area contributed by atoms with E-state index in [4.69, 9.17) is 9.47 Å². The molecule has 0 unspecified atom stereocenters. The van der Waals surface area contributed by atoms with Crippen LogP contribution in [0.5, 0.6) is 0 Å². The largest absolute Gasteiger partial charge is 0.467 e. The van der Waals surface area contributed by atoms with Gasteiger partial charge in [0.1, 0.15) is 17.7 Å². The molecule has 7 heteroatoms. The van der Waals surface area contributed by atoms with Crippen LogP contribution in [0.4, 0.5) is 4.79 Å². The van der Waals surface area contributed by atoms with Gasteiger partial charge < -0.3 is 19.7 Å². The number of fused-ring (bicyclic) bond motifs is 1. The van der Waals surface area contributed by atoms with Gasteiger partial charge in [0.25, 0.3) is 0 Å². The molecular weight excluding hydrogens is 408 g/mol. The zero-order valence-electron chi connectivity index (χ0n) is 18.2. The van der Waals surface area contributed by atoms with Gasteiger partial charge in [-0.25, -0.2) is 9.59 Å². The maximum absolute atomic E-state index is 13.8. The topological polar surface area (TPSA) is 84.9 Å². The van der Waals surface area contributed by atoms with Gasteiger partial charge in [0.15, 0.2) is 0 Å². The highest BCUT2D eigenvalue weighted by molar-refractivity contribution is 5.97. The van der Waals surface area contributed by atoms with Crippen LogP contribution in [0.3, 0.4) is 0 Å². The minimum atomic E-state index is -1.18. The first-order valence-corrected chi connectivity index (χ1v) is 10.9. The van der Waals surface area contributed by atoms with Crippen molar-refractivity contribution in [1.29, 1.82) is 0 Å². The monoisotopic (exact) mass is 436 g/mol. The third-order valence-corrected chi connectivity index (χ3v) is 6.58. The lowest BCUT2D eigenvalue weighted by molar-refractivity contribution is -0.167. The molecule has 2 fully saturated rings. The van der Waals surface area contributed by atoms with Crippen molar-refractivity contribution in [3.8, 4) is 0 Å². The molecule has 0 spiro atoms. The maximum Gasteiger partial charge on any atom is 0.408 e. The van der Waals surface area contributed by atoms with Gasteiger partial charge in [0, 0.05) is 13.0 Å². The Kier molecular flexibility index (Phi) is 6.17. The molecule has 32 heavy (non-hydrogen) atoms. The summed E-state index contributed by atoms with van der Waals surface area (Å²) >= 11 is 0. The summed E-state index contributed by atoms with van der Waals surface area (Å²) in [5.41, 5.74) is -0.341. The third kappa shape index (κ3) is 4.07. The van der Waals surface area contributed by atoms with Gasteiger partial charge in [-0.05, 0) is 36.8 Å². The molecule has 2 aromatic rings. The Bertz CT molecular complexity index is 980. The number of benzene rings is 2. The molecule has 0 aliphatic carbocycles. The Morgan fingerprint density at radius 3 is 2.28 bits per heavy atom. The molecule has 2 heterocycles. The van der Waals surface area contributed by atoms with Gasteiger partial charge in [0.2, 0.25) is 5.91 Å². The summed E-state index contributed by atoms with van der Waals surface area (Å²) in [6.07, 6.45) is 1.72. The highest BCUT2D eigenvalue weighted by Gasteiger charge is 2.60. The highest BCUT2D eigenvalue weighted by atomic mass is 16.5. The van der Waals surface area contributed by atoms with Gasteiger partial charge >= 0.3 is 12.1 Å². The number of alkyl carbamates (subject to hydrolysis) is 1. The van der Waals surface area contributed by atoms with Gasteiger partial charge in [-0.2, -0.15) is 0 Å². The average Bonchev–Trinajstić information content (AvgIpc) is 3.27. The number of hydrogen-bond acceptors (Lipinski definition) is 5. The van der Waals surface area contributed by atoms with Crippen molar-refractivity contribution >= 4 is 18.0 Å². The summed E-state index contributed by atoms with van der Waals surface area (Å²) in [6.45, 7) is 0.573. The lowest BCUT2D eigenvalue weighted by Crippen LogP contribution is -2.70.